The fraction of sp³-hybridized carbons (Fsp3) is 0. The highest BCUT2D eigenvalue weighted by molar-refractivity contribution is 9.10. The van der Waals surface area contributed by atoms with Gasteiger partial charge in [0.25, 0.3) is 23.2 Å². The van der Waals surface area contributed by atoms with Crippen molar-refractivity contribution in [1.29, 1.82) is 0 Å². The number of carbonyl (C=O) groups is 2. The van der Waals surface area contributed by atoms with Crippen molar-refractivity contribution in [2.24, 2.45) is 5.10 Å². The highest BCUT2D eigenvalue weighted by atomic mass is 79.9. The van der Waals surface area contributed by atoms with Crippen molar-refractivity contribution in [1.82, 2.24) is 10.7 Å². The van der Waals surface area contributed by atoms with Gasteiger partial charge in [-0.2, -0.15) is 5.10 Å². The predicted octanol–water partition coefficient (Wildman–Crippen LogP) is 3.89. The lowest BCUT2D eigenvalue weighted by Crippen LogP contribution is -2.32. The van der Waals surface area contributed by atoms with Crippen LogP contribution in [0.2, 0.25) is 0 Å². The number of amides is 2. The normalized spacial score (nSPS) is 11.2. The third-order valence-corrected chi connectivity index (χ3v) is 5.21. The molecule has 0 spiro atoms. The van der Waals surface area contributed by atoms with Gasteiger partial charge in [-0.15, -0.1) is 0 Å². The van der Waals surface area contributed by atoms with Crippen LogP contribution in [0.25, 0.3) is 6.08 Å². The molecule has 0 saturated heterocycles. The zero-order chi connectivity index (χ0) is 26.2. The molecule has 0 aliphatic rings. The Morgan fingerprint density at radius 2 is 1.58 bits per heavy atom. The van der Waals surface area contributed by atoms with E-state index in [0.717, 1.165) is 18.3 Å². The maximum atomic E-state index is 12.8. The molecule has 0 aliphatic carbocycles. The lowest BCUT2D eigenvalue weighted by Gasteiger charge is -2.09. The van der Waals surface area contributed by atoms with Gasteiger partial charge in [-0.05, 0) is 51.8 Å². The van der Waals surface area contributed by atoms with Crippen LogP contribution in [0.5, 0.6) is 5.75 Å². The van der Waals surface area contributed by atoms with Gasteiger partial charge in [0.1, 0.15) is 11.4 Å². The number of halogens is 1. The highest BCUT2D eigenvalue weighted by Gasteiger charge is 2.16. The van der Waals surface area contributed by atoms with Crippen molar-refractivity contribution >= 4 is 51.4 Å². The average Bonchev–Trinajstić information content (AvgIpc) is 2.86. The number of nitro benzene ring substituents is 2. The Bertz CT molecular complexity index is 1390. The summed E-state index contributed by atoms with van der Waals surface area (Å²) < 4.78 is 0.0540. The van der Waals surface area contributed by atoms with Gasteiger partial charge in [0, 0.05) is 35.4 Å². The molecule has 12 nitrogen and oxygen atoms in total. The van der Waals surface area contributed by atoms with E-state index in [-0.39, 0.29) is 38.4 Å². The number of nitrogens with one attached hydrogen (secondary N) is 2. The Balaban J connectivity index is 1.87. The van der Waals surface area contributed by atoms with Gasteiger partial charge in [-0.25, -0.2) is 5.43 Å². The van der Waals surface area contributed by atoms with Gasteiger partial charge < -0.3 is 10.4 Å². The smallest absolute Gasteiger partial charge is 0.287 e. The van der Waals surface area contributed by atoms with Crippen molar-refractivity contribution in [2.75, 3.05) is 0 Å². The third kappa shape index (κ3) is 6.57. The molecular weight excluding hydrogens is 538 g/mol. The molecule has 0 aliphatic heterocycles. The van der Waals surface area contributed by atoms with Crippen LogP contribution in [0.15, 0.2) is 82.0 Å². The number of carbonyl (C=O) groups excluding carboxylic acids is 2. The maximum Gasteiger partial charge on any atom is 0.287 e. The number of rotatable bonds is 8. The largest absolute Gasteiger partial charge is 0.506 e. The summed E-state index contributed by atoms with van der Waals surface area (Å²) in [5.74, 6) is -1.79. The second kappa shape index (κ2) is 11.5. The van der Waals surface area contributed by atoms with E-state index in [0.29, 0.717) is 5.56 Å². The lowest BCUT2D eigenvalue weighted by molar-refractivity contribution is -0.385. The van der Waals surface area contributed by atoms with Gasteiger partial charge in [-0.1, -0.05) is 18.2 Å². The summed E-state index contributed by atoms with van der Waals surface area (Å²) in [6, 6.07) is 15.5. The third-order valence-electron chi connectivity index (χ3n) is 4.60. The van der Waals surface area contributed by atoms with Crippen LogP contribution in [0.1, 0.15) is 21.5 Å². The van der Waals surface area contributed by atoms with E-state index >= 15 is 0 Å². The Kier molecular flexibility index (Phi) is 8.20. The molecule has 3 aromatic rings. The van der Waals surface area contributed by atoms with Gasteiger partial charge in [0.15, 0.2) is 0 Å². The van der Waals surface area contributed by atoms with E-state index in [4.69, 9.17) is 0 Å². The fourth-order valence-corrected chi connectivity index (χ4v) is 3.29. The summed E-state index contributed by atoms with van der Waals surface area (Å²) in [4.78, 5) is 46.1. The molecule has 182 valence electrons. The first-order valence-corrected chi connectivity index (χ1v) is 10.8. The molecule has 0 aromatic heterocycles. The number of hydrogen-bond donors (Lipinski definition) is 3. The van der Waals surface area contributed by atoms with Gasteiger partial charge in [-0.3, -0.25) is 29.8 Å². The van der Waals surface area contributed by atoms with Crippen molar-refractivity contribution in [2.45, 2.75) is 0 Å². The molecule has 13 heteroatoms. The van der Waals surface area contributed by atoms with Crippen LogP contribution in [-0.4, -0.2) is 33.0 Å². The Hall–Kier alpha value is -4.91. The maximum absolute atomic E-state index is 12.8. The summed E-state index contributed by atoms with van der Waals surface area (Å²) in [7, 11) is 0. The summed E-state index contributed by atoms with van der Waals surface area (Å²) >= 11 is 3.01. The van der Waals surface area contributed by atoms with E-state index in [1.165, 1.54) is 42.5 Å². The van der Waals surface area contributed by atoms with Crippen molar-refractivity contribution in [3.63, 3.8) is 0 Å². The second-order valence-corrected chi connectivity index (χ2v) is 7.90. The summed E-state index contributed by atoms with van der Waals surface area (Å²) in [6.07, 6.45) is 2.28. The molecule has 3 rings (SSSR count). The second-order valence-electron chi connectivity index (χ2n) is 7.05. The SMILES string of the molecule is O=C(N/N=C\c1cc([N+](=O)[O-])cc(Br)c1O)/C(=C/c1ccc([N+](=O)[O-])cc1)NC(=O)c1ccccc1. The number of non-ortho nitro benzene ring substituents is 2. The van der Waals surface area contributed by atoms with Crippen LogP contribution < -0.4 is 10.7 Å². The van der Waals surface area contributed by atoms with Crippen molar-refractivity contribution in [3.8, 4) is 5.75 Å². The van der Waals surface area contributed by atoms with Crippen molar-refractivity contribution < 1.29 is 24.5 Å². The lowest BCUT2D eigenvalue weighted by atomic mass is 10.1. The molecule has 0 unspecified atom stereocenters. The molecule has 0 atom stereocenters. The molecule has 0 fully saturated rings. The molecule has 0 radical (unpaired) electrons. The van der Waals surface area contributed by atoms with Crippen LogP contribution >= 0.6 is 15.9 Å². The van der Waals surface area contributed by atoms with E-state index < -0.39 is 21.7 Å². The quantitative estimate of drug-likeness (QED) is 0.164. The zero-order valence-electron chi connectivity index (χ0n) is 18.1. The van der Waals surface area contributed by atoms with E-state index in [1.807, 2.05) is 0 Å². The summed E-state index contributed by atoms with van der Waals surface area (Å²) in [5.41, 5.74) is 2.07. The van der Waals surface area contributed by atoms with E-state index in [9.17, 15) is 34.9 Å². The number of nitro groups is 2. The number of nitrogens with zero attached hydrogens (tertiary/aromatic N) is 3. The Labute approximate surface area is 211 Å². The number of phenolic OH excluding ortho intramolecular Hbond substituents is 1. The number of hydrazone groups is 1. The van der Waals surface area contributed by atoms with Gasteiger partial charge in [0.05, 0.1) is 20.5 Å². The minimum atomic E-state index is -0.863. The molecule has 0 bridgehead atoms. The van der Waals surface area contributed by atoms with Crippen molar-refractivity contribution in [3.05, 3.63) is 114 Å². The van der Waals surface area contributed by atoms with Gasteiger partial charge in [0.2, 0.25) is 0 Å². The molecule has 0 saturated carbocycles. The first kappa shape index (κ1) is 25.7. The van der Waals surface area contributed by atoms with Crippen LogP contribution in [0, 0.1) is 20.2 Å². The standard InChI is InChI=1S/C23H16BrN5O7/c24-19-12-18(29(35)36)11-16(21(19)30)13-25-27-23(32)20(26-22(31)15-4-2-1-3-5-15)10-14-6-8-17(9-7-14)28(33)34/h1-13,30H,(H,26,31)(H,27,32)/b20-10-,25-13-. The molecule has 2 amide bonds. The molecule has 3 N–H and O–H groups in total. The Morgan fingerprint density at radius 3 is 2.19 bits per heavy atom. The topological polar surface area (TPSA) is 177 Å². The number of hydrogen-bond acceptors (Lipinski definition) is 8. The first-order chi connectivity index (χ1) is 17.2. The number of phenols is 1. The molecule has 0 heterocycles. The fourth-order valence-electron chi connectivity index (χ4n) is 2.83. The van der Waals surface area contributed by atoms with Crippen LogP contribution in [0.4, 0.5) is 11.4 Å². The number of aromatic hydroxyl groups is 1. The summed E-state index contributed by atoms with van der Waals surface area (Å²) in [5, 5.41) is 38.2. The minimum absolute atomic E-state index is 0.0504. The predicted molar refractivity (Wildman–Crippen MR) is 133 cm³/mol. The van der Waals surface area contributed by atoms with Crippen LogP contribution in [-0.2, 0) is 4.79 Å². The first-order valence-electron chi connectivity index (χ1n) is 9.98. The monoisotopic (exact) mass is 553 g/mol. The van der Waals surface area contributed by atoms with E-state index in [2.05, 4.69) is 31.8 Å². The number of benzene rings is 3. The molecular formula is C23H16BrN5O7. The molecule has 3 aromatic carbocycles. The average molecular weight is 554 g/mol. The Morgan fingerprint density at radius 1 is 0.944 bits per heavy atom. The zero-order valence-corrected chi connectivity index (χ0v) is 19.7. The van der Waals surface area contributed by atoms with E-state index in [1.54, 1.807) is 18.2 Å². The van der Waals surface area contributed by atoms with Gasteiger partial charge >= 0.3 is 0 Å². The van der Waals surface area contributed by atoms with Crippen LogP contribution in [0.3, 0.4) is 0 Å². The highest BCUT2D eigenvalue weighted by Crippen LogP contribution is 2.31. The molecule has 36 heavy (non-hydrogen) atoms. The minimum Gasteiger partial charge on any atom is -0.506 e. The summed E-state index contributed by atoms with van der Waals surface area (Å²) in [6.45, 7) is 0.